The second kappa shape index (κ2) is 6.40. The van der Waals surface area contributed by atoms with Crippen LogP contribution < -0.4 is 5.32 Å². The van der Waals surface area contributed by atoms with Crippen LogP contribution in [-0.4, -0.2) is 42.7 Å². The number of carboxylic acid groups (broad SMARTS) is 1. The van der Waals surface area contributed by atoms with Crippen molar-refractivity contribution in [1.82, 2.24) is 4.90 Å². The molecule has 1 atom stereocenters. The topological polar surface area (TPSA) is 52.6 Å². The lowest BCUT2D eigenvalue weighted by Gasteiger charge is -2.26. The highest BCUT2D eigenvalue weighted by atomic mass is 16.4. The first-order valence-electron chi connectivity index (χ1n) is 6.14. The van der Waals surface area contributed by atoms with E-state index in [2.05, 4.69) is 24.1 Å². The monoisotopic (exact) mass is 250 g/mol. The zero-order valence-electron chi connectivity index (χ0n) is 11.5. The number of nitrogens with one attached hydrogen (secondary N) is 1. The van der Waals surface area contributed by atoms with Crippen LogP contribution in [0.5, 0.6) is 0 Å². The average Bonchev–Trinajstić information content (AvgIpc) is 2.27. The van der Waals surface area contributed by atoms with E-state index in [1.54, 1.807) is 18.2 Å². The van der Waals surface area contributed by atoms with Crippen LogP contribution in [0.1, 0.15) is 24.2 Å². The Bertz CT molecular complexity index is 403. The van der Waals surface area contributed by atoms with Gasteiger partial charge in [-0.1, -0.05) is 19.9 Å². The van der Waals surface area contributed by atoms with Gasteiger partial charge >= 0.3 is 5.97 Å². The highest BCUT2D eigenvalue weighted by molar-refractivity contribution is 5.88. The van der Waals surface area contributed by atoms with Gasteiger partial charge in [0.25, 0.3) is 0 Å². The second-order valence-electron chi connectivity index (χ2n) is 5.14. The Morgan fingerprint density at radius 2 is 2.06 bits per heavy atom. The maximum Gasteiger partial charge on any atom is 0.335 e. The Kier molecular flexibility index (Phi) is 5.16. The molecule has 0 bridgehead atoms. The van der Waals surface area contributed by atoms with Crippen LogP contribution in [0.25, 0.3) is 0 Å². The van der Waals surface area contributed by atoms with Crippen LogP contribution >= 0.6 is 0 Å². The highest BCUT2D eigenvalue weighted by Crippen LogP contribution is 2.15. The number of rotatable bonds is 6. The molecule has 0 heterocycles. The lowest BCUT2D eigenvalue weighted by molar-refractivity contribution is 0.0697. The van der Waals surface area contributed by atoms with Crippen molar-refractivity contribution >= 4 is 11.7 Å². The van der Waals surface area contributed by atoms with Crippen molar-refractivity contribution in [1.29, 1.82) is 0 Å². The number of benzene rings is 1. The van der Waals surface area contributed by atoms with Crippen molar-refractivity contribution in [2.24, 2.45) is 5.92 Å². The Morgan fingerprint density at radius 1 is 1.39 bits per heavy atom. The van der Waals surface area contributed by atoms with Crippen LogP contribution in [0.15, 0.2) is 24.3 Å². The molecule has 2 N–H and O–H groups in total. The summed E-state index contributed by atoms with van der Waals surface area (Å²) < 4.78 is 0. The second-order valence-corrected chi connectivity index (χ2v) is 5.14. The Morgan fingerprint density at radius 3 is 2.56 bits per heavy atom. The van der Waals surface area contributed by atoms with Crippen molar-refractivity contribution in [3.8, 4) is 0 Å². The van der Waals surface area contributed by atoms with E-state index in [0.29, 0.717) is 17.5 Å². The van der Waals surface area contributed by atoms with Crippen LogP contribution in [0.4, 0.5) is 5.69 Å². The molecule has 4 nitrogen and oxygen atoms in total. The van der Waals surface area contributed by atoms with Gasteiger partial charge in [-0.05, 0) is 38.2 Å². The number of likely N-dealkylation sites (N-methyl/N-ethyl adjacent to an activating group) is 1. The van der Waals surface area contributed by atoms with Gasteiger partial charge in [0.2, 0.25) is 0 Å². The van der Waals surface area contributed by atoms with E-state index in [1.807, 2.05) is 20.2 Å². The fourth-order valence-electron chi connectivity index (χ4n) is 1.77. The summed E-state index contributed by atoms with van der Waals surface area (Å²) >= 11 is 0. The molecule has 0 spiro atoms. The minimum Gasteiger partial charge on any atom is -0.478 e. The summed E-state index contributed by atoms with van der Waals surface area (Å²) in [5, 5.41) is 12.4. The number of nitrogens with zero attached hydrogens (tertiary/aromatic N) is 1. The molecule has 100 valence electrons. The van der Waals surface area contributed by atoms with Gasteiger partial charge in [-0.3, -0.25) is 0 Å². The zero-order chi connectivity index (χ0) is 13.7. The SMILES string of the molecule is CC(C)C(CN(C)C)Nc1cccc(C(=O)O)c1. The maximum atomic E-state index is 10.9. The quantitative estimate of drug-likeness (QED) is 0.814. The molecule has 0 aromatic heterocycles. The van der Waals surface area contributed by atoms with Gasteiger partial charge in [-0.25, -0.2) is 4.79 Å². The summed E-state index contributed by atoms with van der Waals surface area (Å²) in [6, 6.07) is 7.23. The molecule has 0 saturated heterocycles. The highest BCUT2D eigenvalue weighted by Gasteiger charge is 2.14. The number of aromatic carboxylic acids is 1. The predicted octanol–water partition coefficient (Wildman–Crippen LogP) is 2.38. The summed E-state index contributed by atoms with van der Waals surface area (Å²) in [6.07, 6.45) is 0. The van der Waals surface area contributed by atoms with Crippen molar-refractivity contribution < 1.29 is 9.90 Å². The Hall–Kier alpha value is -1.55. The predicted molar refractivity (Wildman–Crippen MR) is 74.2 cm³/mol. The third-order valence-corrected chi connectivity index (χ3v) is 2.83. The molecule has 0 aliphatic carbocycles. The van der Waals surface area contributed by atoms with Gasteiger partial charge in [0.15, 0.2) is 0 Å². The molecular weight excluding hydrogens is 228 g/mol. The van der Waals surface area contributed by atoms with Crippen LogP contribution in [0.3, 0.4) is 0 Å². The standard InChI is InChI=1S/C14H22N2O2/c1-10(2)13(9-16(3)4)15-12-7-5-6-11(8-12)14(17)18/h5-8,10,13,15H,9H2,1-4H3,(H,17,18). The molecule has 1 aromatic rings. The molecule has 0 saturated carbocycles. The lowest BCUT2D eigenvalue weighted by atomic mass is 10.0. The largest absolute Gasteiger partial charge is 0.478 e. The van der Waals surface area contributed by atoms with E-state index in [-0.39, 0.29) is 0 Å². The molecule has 1 unspecified atom stereocenters. The molecular formula is C14H22N2O2. The van der Waals surface area contributed by atoms with Crippen molar-refractivity contribution in [2.45, 2.75) is 19.9 Å². The Labute approximate surface area is 109 Å². The van der Waals surface area contributed by atoms with E-state index >= 15 is 0 Å². The van der Waals surface area contributed by atoms with E-state index in [4.69, 9.17) is 5.11 Å². The first kappa shape index (κ1) is 14.5. The van der Waals surface area contributed by atoms with Gasteiger partial charge in [-0.15, -0.1) is 0 Å². The van der Waals surface area contributed by atoms with E-state index in [0.717, 1.165) is 12.2 Å². The summed E-state index contributed by atoms with van der Waals surface area (Å²) in [5.41, 5.74) is 1.17. The summed E-state index contributed by atoms with van der Waals surface area (Å²) in [6.45, 7) is 5.22. The molecule has 1 rings (SSSR count). The van der Waals surface area contributed by atoms with Gasteiger partial charge in [0, 0.05) is 18.3 Å². The molecule has 0 aliphatic heterocycles. The molecule has 18 heavy (non-hydrogen) atoms. The minimum absolute atomic E-state index is 0.295. The number of carboxylic acids is 1. The van der Waals surface area contributed by atoms with Gasteiger partial charge in [0.05, 0.1) is 5.56 Å². The van der Waals surface area contributed by atoms with Crippen LogP contribution in [0, 0.1) is 5.92 Å². The first-order chi connectivity index (χ1) is 8.40. The average molecular weight is 250 g/mol. The summed E-state index contributed by atoms with van der Waals surface area (Å²) in [5.74, 6) is -0.423. The van der Waals surface area contributed by atoms with E-state index in [1.165, 1.54) is 0 Å². The molecule has 0 aliphatic rings. The minimum atomic E-state index is -0.896. The van der Waals surface area contributed by atoms with E-state index < -0.39 is 5.97 Å². The number of carbonyl (C=O) groups is 1. The normalized spacial score (nSPS) is 12.8. The first-order valence-corrected chi connectivity index (χ1v) is 6.14. The summed E-state index contributed by atoms with van der Waals surface area (Å²) in [7, 11) is 4.06. The smallest absolute Gasteiger partial charge is 0.335 e. The molecule has 4 heteroatoms. The third kappa shape index (κ3) is 4.37. The van der Waals surface area contributed by atoms with Crippen LogP contribution in [-0.2, 0) is 0 Å². The number of anilines is 1. The van der Waals surface area contributed by atoms with Crippen LogP contribution in [0.2, 0.25) is 0 Å². The third-order valence-electron chi connectivity index (χ3n) is 2.83. The molecule has 0 fully saturated rings. The Balaban J connectivity index is 2.80. The van der Waals surface area contributed by atoms with Crippen molar-refractivity contribution in [3.05, 3.63) is 29.8 Å². The van der Waals surface area contributed by atoms with Crippen molar-refractivity contribution in [3.63, 3.8) is 0 Å². The molecule has 0 radical (unpaired) electrons. The molecule has 1 aromatic carbocycles. The zero-order valence-corrected chi connectivity index (χ0v) is 11.5. The molecule has 0 amide bonds. The fraction of sp³-hybridized carbons (Fsp3) is 0.500. The van der Waals surface area contributed by atoms with Crippen molar-refractivity contribution in [2.75, 3.05) is 26.0 Å². The van der Waals surface area contributed by atoms with Gasteiger partial charge in [0.1, 0.15) is 0 Å². The number of hydrogen-bond acceptors (Lipinski definition) is 3. The fourth-order valence-corrected chi connectivity index (χ4v) is 1.77. The summed E-state index contributed by atoms with van der Waals surface area (Å²) in [4.78, 5) is 13.0. The van der Waals surface area contributed by atoms with Gasteiger partial charge < -0.3 is 15.3 Å². The van der Waals surface area contributed by atoms with E-state index in [9.17, 15) is 4.79 Å². The lowest BCUT2D eigenvalue weighted by Crippen LogP contribution is -2.36. The number of hydrogen-bond donors (Lipinski definition) is 2. The van der Waals surface area contributed by atoms with Gasteiger partial charge in [-0.2, -0.15) is 0 Å². The maximum absolute atomic E-state index is 10.9.